The second-order valence-electron chi connectivity index (χ2n) is 6.46. The van der Waals surface area contributed by atoms with Gasteiger partial charge in [-0.2, -0.15) is 0 Å². The Hall–Kier alpha value is -3.20. The summed E-state index contributed by atoms with van der Waals surface area (Å²) in [5.74, 6) is 2.83. The number of ether oxygens (including phenoxy) is 3. The maximum absolute atomic E-state index is 12.2. The van der Waals surface area contributed by atoms with Crippen molar-refractivity contribution in [1.82, 2.24) is 14.8 Å². The Balaban J connectivity index is 1.30. The van der Waals surface area contributed by atoms with E-state index in [1.807, 2.05) is 54.9 Å². The van der Waals surface area contributed by atoms with Crippen molar-refractivity contribution in [3.05, 3.63) is 53.9 Å². The van der Waals surface area contributed by atoms with Gasteiger partial charge in [0.1, 0.15) is 12.4 Å². The molecule has 1 amide bonds. The lowest BCUT2D eigenvalue weighted by Gasteiger charge is -2.08. The van der Waals surface area contributed by atoms with Crippen LogP contribution in [0.4, 0.5) is 5.69 Å². The molecule has 2 heterocycles. The van der Waals surface area contributed by atoms with Crippen molar-refractivity contribution in [2.45, 2.75) is 18.7 Å². The number of aromatic nitrogens is 3. The molecule has 0 saturated carbocycles. The highest BCUT2D eigenvalue weighted by atomic mass is 32.2. The molecule has 0 spiro atoms. The first-order chi connectivity index (χ1) is 14.1. The van der Waals surface area contributed by atoms with Gasteiger partial charge in [0.05, 0.1) is 5.75 Å². The van der Waals surface area contributed by atoms with Gasteiger partial charge in [-0.25, -0.2) is 0 Å². The van der Waals surface area contributed by atoms with Crippen LogP contribution < -0.4 is 19.5 Å². The highest BCUT2D eigenvalue weighted by Gasteiger charge is 2.15. The average molecular weight is 412 g/mol. The average Bonchev–Trinajstić information content (AvgIpc) is 3.32. The SMILES string of the molecule is Cc1ccc(NC(=O)CSc2nnc(COc3ccc4c(c3)OCO4)n2C)cc1. The molecule has 4 rings (SSSR count). The number of fused-ring (bicyclic) bond motifs is 1. The normalized spacial score (nSPS) is 12.1. The topological polar surface area (TPSA) is 87.5 Å². The summed E-state index contributed by atoms with van der Waals surface area (Å²) in [6.45, 7) is 2.47. The number of rotatable bonds is 7. The van der Waals surface area contributed by atoms with Crippen LogP contribution in [0.5, 0.6) is 17.2 Å². The third-order valence-corrected chi connectivity index (χ3v) is 5.32. The van der Waals surface area contributed by atoms with E-state index in [1.54, 1.807) is 6.07 Å². The zero-order valence-electron chi connectivity index (χ0n) is 16.0. The van der Waals surface area contributed by atoms with Crippen LogP contribution in [-0.4, -0.2) is 33.2 Å². The van der Waals surface area contributed by atoms with E-state index in [4.69, 9.17) is 14.2 Å². The van der Waals surface area contributed by atoms with Gasteiger partial charge in [-0.1, -0.05) is 29.5 Å². The molecule has 1 aliphatic rings. The van der Waals surface area contributed by atoms with Crippen LogP contribution in [0.2, 0.25) is 0 Å². The van der Waals surface area contributed by atoms with Crippen molar-refractivity contribution in [3.63, 3.8) is 0 Å². The largest absolute Gasteiger partial charge is 0.485 e. The molecule has 0 aliphatic carbocycles. The molecule has 0 saturated heterocycles. The molecule has 0 bridgehead atoms. The number of thioether (sulfide) groups is 1. The minimum absolute atomic E-state index is 0.0972. The number of hydrogen-bond acceptors (Lipinski definition) is 7. The summed E-state index contributed by atoms with van der Waals surface area (Å²) in [4.78, 5) is 12.2. The fourth-order valence-electron chi connectivity index (χ4n) is 2.68. The second kappa shape index (κ2) is 8.44. The quantitative estimate of drug-likeness (QED) is 0.597. The van der Waals surface area contributed by atoms with Crippen molar-refractivity contribution < 1.29 is 19.0 Å². The van der Waals surface area contributed by atoms with Crippen molar-refractivity contribution in [2.24, 2.45) is 7.05 Å². The van der Waals surface area contributed by atoms with Crippen molar-refractivity contribution in [1.29, 1.82) is 0 Å². The minimum Gasteiger partial charge on any atom is -0.485 e. The molecule has 9 heteroatoms. The Labute approximate surface area is 172 Å². The number of aryl methyl sites for hydroxylation is 1. The van der Waals surface area contributed by atoms with Crippen molar-refractivity contribution >= 4 is 23.4 Å². The van der Waals surface area contributed by atoms with Crippen molar-refractivity contribution in [3.8, 4) is 17.2 Å². The molecule has 0 unspecified atom stereocenters. The molecule has 1 N–H and O–H groups in total. The van der Waals surface area contributed by atoms with Crippen LogP contribution in [0.3, 0.4) is 0 Å². The van der Waals surface area contributed by atoms with E-state index in [1.165, 1.54) is 11.8 Å². The van der Waals surface area contributed by atoms with Crippen LogP contribution in [0, 0.1) is 6.92 Å². The summed E-state index contributed by atoms with van der Waals surface area (Å²) < 4.78 is 18.2. The van der Waals surface area contributed by atoms with Crippen molar-refractivity contribution in [2.75, 3.05) is 17.9 Å². The molecule has 1 aromatic heterocycles. The van der Waals surface area contributed by atoms with Gasteiger partial charge >= 0.3 is 0 Å². The number of amides is 1. The molecule has 3 aromatic rings. The number of anilines is 1. The maximum atomic E-state index is 12.2. The lowest BCUT2D eigenvalue weighted by atomic mass is 10.2. The zero-order chi connectivity index (χ0) is 20.2. The molecule has 0 atom stereocenters. The van der Waals surface area contributed by atoms with E-state index in [-0.39, 0.29) is 25.1 Å². The summed E-state index contributed by atoms with van der Waals surface area (Å²) in [7, 11) is 1.85. The van der Waals surface area contributed by atoms with Crippen LogP contribution in [0.25, 0.3) is 0 Å². The number of nitrogens with one attached hydrogen (secondary N) is 1. The zero-order valence-corrected chi connectivity index (χ0v) is 16.9. The summed E-state index contributed by atoms with van der Waals surface area (Å²) in [6, 6.07) is 13.1. The van der Waals surface area contributed by atoms with Gasteiger partial charge in [-0.3, -0.25) is 4.79 Å². The van der Waals surface area contributed by atoms with E-state index >= 15 is 0 Å². The van der Waals surface area contributed by atoms with Gasteiger partial charge < -0.3 is 24.1 Å². The fourth-order valence-corrected chi connectivity index (χ4v) is 3.40. The highest BCUT2D eigenvalue weighted by Crippen LogP contribution is 2.35. The second-order valence-corrected chi connectivity index (χ2v) is 7.41. The molecule has 0 fully saturated rings. The Morgan fingerprint density at radius 1 is 1.17 bits per heavy atom. The molecule has 2 aromatic carbocycles. The minimum atomic E-state index is -0.0972. The van der Waals surface area contributed by atoms with Crippen LogP contribution in [0.1, 0.15) is 11.4 Å². The van der Waals surface area contributed by atoms with E-state index in [9.17, 15) is 4.79 Å². The standard InChI is InChI=1S/C20H20N4O4S/c1-13-3-5-14(6-4-13)21-19(25)11-29-20-23-22-18(24(20)2)10-26-15-7-8-16-17(9-15)28-12-27-16/h3-9H,10-12H2,1-2H3,(H,21,25). The first-order valence-corrected chi connectivity index (χ1v) is 9.97. The summed E-state index contributed by atoms with van der Waals surface area (Å²) in [5, 5.41) is 11.8. The third-order valence-electron chi connectivity index (χ3n) is 4.30. The lowest BCUT2D eigenvalue weighted by molar-refractivity contribution is -0.113. The van der Waals surface area contributed by atoms with Gasteiger partial charge in [0, 0.05) is 18.8 Å². The Bertz CT molecular complexity index is 1020. The van der Waals surface area contributed by atoms with E-state index in [2.05, 4.69) is 15.5 Å². The number of benzene rings is 2. The summed E-state index contributed by atoms with van der Waals surface area (Å²) in [6.07, 6.45) is 0. The number of carbonyl (C=O) groups is 1. The molecule has 150 valence electrons. The summed E-state index contributed by atoms with van der Waals surface area (Å²) in [5.41, 5.74) is 1.92. The van der Waals surface area contributed by atoms with Gasteiger partial charge in [0.2, 0.25) is 12.7 Å². The van der Waals surface area contributed by atoms with Gasteiger partial charge in [0.25, 0.3) is 0 Å². The first-order valence-electron chi connectivity index (χ1n) is 8.98. The van der Waals surface area contributed by atoms with Crippen LogP contribution in [-0.2, 0) is 18.4 Å². The van der Waals surface area contributed by atoms with E-state index in [0.29, 0.717) is 28.2 Å². The maximum Gasteiger partial charge on any atom is 0.234 e. The van der Waals surface area contributed by atoms with Gasteiger partial charge in [-0.05, 0) is 31.2 Å². The van der Waals surface area contributed by atoms with Crippen LogP contribution >= 0.6 is 11.8 Å². The first kappa shape index (κ1) is 19.1. The summed E-state index contributed by atoms with van der Waals surface area (Å²) >= 11 is 1.32. The number of carbonyl (C=O) groups excluding carboxylic acids is 1. The lowest BCUT2D eigenvalue weighted by Crippen LogP contribution is -2.14. The van der Waals surface area contributed by atoms with Gasteiger partial charge in [0.15, 0.2) is 22.5 Å². The Morgan fingerprint density at radius 3 is 2.79 bits per heavy atom. The number of hydrogen-bond donors (Lipinski definition) is 1. The van der Waals surface area contributed by atoms with E-state index in [0.717, 1.165) is 11.3 Å². The number of nitrogens with zero attached hydrogens (tertiary/aromatic N) is 3. The molecule has 0 radical (unpaired) electrons. The molecule has 29 heavy (non-hydrogen) atoms. The molecular formula is C20H20N4O4S. The highest BCUT2D eigenvalue weighted by molar-refractivity contribution is 7.99. The van der Waals surface area contributed by atoms with Gasteiger partial charge in [-0.15, -0.1) is 10.2 Å². The smallest absolute Gasteiger partial charge is 0.234 e. The fraction of sp³-hybridized carbons (Fsp3) is 0.250. The predicted molar refractivity (Wildman–Crippen MR) is 108 cm³/mol. The molecule has 8 nitrogen and oxygen atoms in total. The molecular weight excluding hydrogens is 392 g/mol. The third kappa shape index (κ3) is 4.62. The monoisotopic (exact) mass is 412 g/mol. The Morgan fingerprint density at radius 2 is 1.97 bits per heavy atom. The molecule has 1 aliphatic heterocycles. The van der Waals surface area contributed by atoms with E-state index < -0.39 is 0 Å². The Kier molecular flexibility index (Phi) is 5.57. The van der Waals surface area contributed by atoms with Crippen LogP contribution in [0.15, 0.2) is 47.6 Å². The predicted octanol–water partition coefficient (Wildman–Crippen LogP) is 3.16.